The summed E-state index contributed by atoms with van der Waals surface area (Å²) < 4.78 is 0. The van der Waals surface area contributed by atoms with E-state index in [0.717, 1.165) is 11.1 Å². The molecule has 0 radical (unpaired) electrons. The van der Waals surface area contributed by atoms with E-state index in [1.165, 1.54) is 0 Å². The highest BCUT2D eigenvalue weighted by atomic mass is 16.2. The van der Waals surface area contributed by atoms with Gasteiger partial charge < -0.3 is 10.2 Å². The quantitative estimate of drug-likeness (QED) is 0.878. The van der Waals surface area contributed by atoms with E-state index in [4.69, 9.17) is 0 Å². The monoisotopic (exact) mass is 261 g/mol. The van der Waals surface area contributed by atoms with Crippen molar-refractivity contribution >= 4 is 11.8 Å². The minimum Gasteiger partial charge on any atom is -0.343 e. The predicted molar refractivity (Wildman–Crippen MR) is 71.2 cm³/mol. The Morgan fingerprint density at radius 2 is 2.16 bits per heavy atom. The molecule has 5 nitrogen and oxygen atoms in total. The number of rotatable bonds is 3. The molecule has 1 aromatic rings. The van der Waals surface area contributed by atoms with Gasteiger partial charge >= 0.3 is 0 Å². The second-order valence-electron chi connectivity index (χ2n) is 5.35. The highest BCUT2D eigenvalue weighted by Crippen LogP contribution is 2.14. The molecule has 2 amide bonds. The molecule has 19 heavy (non-hydrogen) atoms. The molecule has 0 aromatic carbocycles. The van der Waals surface area contributed by atoms with Gasteiger partial charge in [0.25, 0.3) is 0 Å². The fraction of sp³-hybridized carbons (Fsp3) is 0.500. The second kappa shape index (κ2) is 5.38. The number of pyridine rings is 1. The number of piperazine rings is 1. The fourth-order valence-electron chi connectivity index (χ4n) is 2.24. The van der Waals surface area contributed by atoms with Crippen LogP contribution in [-0.2, 0) is 16.1 Å². The lowest BCUT2D eigenvalue weighted by atomic mass is 10.0. The van der Waals surface area contributed by atoms with Crippen molar-refractivity contribution in [1.82, 2.24) is 15.2 Å². The molecule has 1 saturated heterocycles. The van der Waals surface area contributed by atoms with Crippen molar-refractivity contribution in [2.45, 2.75) is 33.4 Å². The molecular formula is C14H19N3O2. The Labute approximate surface area is 113 Å². The molecule has 1 aliphatic heterocycles. The molecule has 1 aromatic heterocycles. The van der Waals surface area contributed by atoms with Crippen molar-refractivity contribution in [3.8, 4) is 0 Å². The van der Waals surface area contributed by atoms with E-state index in [9.17, 15) is 9.59 Å². The maximum Gasteiger partial charge on any atom is 0.246 e. The van der Waals surface area contributed by atoms with Gasteiger partial charge in [0.2, 0.25) is 11.8 Å². The zero-order valence-corrected chi connectivity index (χ0v) is 11.5. The van der Waals surface area contributed by atoms with E-state index in [-0.39, 0.29) is 24.3 Å². The summed E-state index contributed by atoms with van der Waals surface area (Å²) in [7, 11) is 0. The Kier molecular flexibility index (Phi) is 3.83. The molecule has 1 unspecified atom stereocenters. The smallest absolute Gasteiger partial charge is 0.246 e. The lowest BCUT2D eigenvalue weighted by molar-refractivity contribution is -0.146. The zero-order valence-electron chi connectivity index (χ0n) is 11.5. The van der Waals surface area contributed by atoms with Gasteiger partial charge in [-0.05, 0) is 24.0 Å². The summed E-state index contributed by atoms with van der Waals surface area (Å²) in [6, 6.07) is 1.57. The molecule has 1 atom stereocenters. The third-order valence-corrected chi connectivity index (χ3v) is 3.20. The average molecular weight is 261 g/mol. The summed E-state index contributed by atoms with van der Waals surface area (Å²) in [5.74, 6) is -0.0232. The van der Waals surface area contributed by atoms with E-state index >= 15 is 0 Å². The molecule has 102 valence electrons. The molecule has 2 rings (SSSR count). The Hall–Kier alpha value is -1.91. The van der Waals surface area contributed by atoms with Crippen molar-refractivity contribution in [2.75, 3.05) is 6.54 Å². The van der Waals surface area contributed by atoms with Gasteiger partial charge in [-0.15, -0.1) is 0 Å². The van der Waals surface area contributed by atoms with Crippen LogP contribution in [-0.4, -0.2) is 34.3 Å². The number of aromatic nitrogens is 1. The number of hydrogen-bond acceptors (Lipinski definition) is 3. The Bertz CT molecular complexity index is 499. The average Bonchev–Trinajstić information content (AvgIpc) is 2.33. The molecule has 0 aliphatic carbocycles. The van der Waals surface area contributed by atoms with E-state index in [2.05, 4.69) is 10.3 Å². The molecule has 1 N–H and O–H groups in total. The molecule has 0 bridgehead atoms. The van der Waals surface area contributed by atoms with Crippen LogP contribution in [0.1, 0.15) is 25.0 Å². The van der Waals surface area contributed by atoms with Gasteiger partial charge in [-0.25, -0.2) is 0 Å². The van der Waals surface area contributed by atoms with Crippen molar-refractivity contribution < 1.29 is 9.59 Å². The molecule has 0 saturated carbocycles. The van der Waals surface area contributed by atoms with Crippen LogP contribution in [0, 0.1) is 12.8 Å². The van der Waals surface area contributed by atoms with Gasteiger partial charge in [-0.2, -0.15) is 0 Å². The summed E-state index contributed by atoms with van der Waals surface area (Å²) in [5.41, 5.74) is 2.00. The number of hydrogen-bond donors (Lipinski definition) is 1. The standard InChI is InChI=1S/C14H19N3O2/c1-9(2)13-14(19)17(8-12(18)16-13)7-11-4-10(3)5-15-6-11/h4-6,9,13H,7-8H2,1-3H3,(H,16,18). The minimum atomic E-state index is -0.418. The largest absolute Gasteiger partial charge is 0.343 e. The first-order chi connectivity index (χ1) is 8.97. The maximum absolute atomic E-state index is 12.3. The molecule has 5 heteroatoms. The second-order valence-corrected chi connectivity index (χ2v) is 5.35. The third-order valence-electron chi connectivity index (χ3n) is 3.20. The van der Waals surface area contributed by atoms with Crippen LogP contribution in [0.25, 0.3) is 0 Å². The zero-order chi connectivity index (χ0) is 14.0. The minimum absolute atomic E-state index is 0.0175. The third kappa shape index (κ3) is 3.10. The first kappa shape index (κ1) is 13.5. The van der Waals surface area contributed by atoms with Gasteiger partial charge in [-0.3, -0.25) is 14.6 Å². The van der Waals surface area contributed by atoms with E-state index in [1.807, 2.05) is 26.8 Å². The first-order valence-corrected chi connectivity index (χ1v) is 6.46. The van der Waals surface area contributed by atoms with Gasteiger partial charge in [0.15, 0.2) is 0 Å². The Morgan fingerprint density at radius 1 is 1.42 bits per heavy atom. The molecule has 1 aliphatic rings. The van der Waals surface area contributed by atoms with Crippen LogP contribution in [0.5, 0.6) is 0 Å². The van der Waals surface area contributed by atoms with Crippen molar-refractivity contribution in [3.63, 3.8) is 0 Å². The van der Waals surface area contributed by atoms with Crippen molar-refractivity contribution in [2.24, 2.45) is 5.92 Å². The highest BCUT2D eigenvalue weighted by molar-refractivity contribution is 5.94. The number of carbonyl (C=O) groups is 2. The van der Waals surface area contributed by atoms with Crippen LogP contribution >= 0.6 is 0 Å². The molecular weight excluding hydrogens is 242 g/mol. The Balaban J connectivity index is 2.14. The van der Waals surface area contributed by atoms with Gasteiger partial charge in [-0.1, -0.05) is 19.9 Å². The fourth-order valence-corrected chi connectivity index (χ4v) is 2.24. The maximum atomic E-state index is 12.3. The molecule has 0 spiro atoms. The van der Waals surface area contributed by atoms with Crippen LogP contribution in [0.4, 0.5) is 0 Å². The summed E-state index contributed by atoms with van der Waals surface area (Å²) >= 11 is 0. The first-order valence-electron chi connectivity index (χ1n) is 6.46. The van der Waals surface area contributed by atoms with E-state index in [1.54, 1.807) is 17.3 Å². The van der Waals surface area contributed by atoms with Crippen molar-refractivity contribution in [3.05, 3.63) is 29.6 Å². The van der Waals surface area contributed by atoms with Crippen LogP contribution in [0.2, 0.25) is 0 Å². The van der Waals surface area contributed by atoms with Crippen LogP contribution in [0.15, 0.2) is 18.5 Å². The molecule has 1 fully saturated rings. The summed E-state index contributed by atoms with van der Waals surface area (Å²) in [6.07, 6.45) is 3.50. The highest BCUT2D eigenvalue weighted by Gasteiger charge is 2.34. The Morgan fingerprint density at radius 3 is 2.79 bits per heavy atom. The lowest BCUT2D eigenvalue weighted by Gasteiger charge is -2.34. The SMILES string of the molecule is Cc1cncc(CN2CC(=O)NC(C(C)C)C2=O)c1. The van der Waals surface area contributed by atoms with Crippen LogP contribution < -0.4 is 5.32 Å². The summed E-state index contributed by atoms with van der Waals surface area (Å²) in [5, 5.41) is 2.75. The normalized spacial score (nSPS) is 19.8. The number of amides is 2. The van der Waals surface area contributed by atoms with Gasteiger partial charge in [0.05, 0.1) is 6.54 Å². The lowest BCUT2D eigenvalue weighted by Crippen LogP contribution is -2.59. The summed E-state index contributed by atoms with van der Waals surface area (Å²) in [4.78, 5) is 29.7. The number of nitrogens with one attached hydrogen (secondary N) is 1. The summed E-state index contributed by atoms with van der Waals surface area (Å²) in [6.45, 7) is 6.37. The number of aryl methyl sites for hydroxylation is 1. The van der Waals surface area contributed by atoms with E-state index < -0.39 is 6.04 Å². The van der Waals surface area contributed by atoms with Gasteiger partial charge in [0.1, 0.15) is 6.04 Å². The van der Waals surface area contributed by atoms with Crippen LogP contribution in [0.3, 0.4) is 0 Å². The molecule has 2 heterocycles. The number of nitrogens with zero attached hydrogens (tertiary/aromatic N) is 2. The van der Waals surface area contributed by atoms with Crippen molar-refractivity contribution in [1.29, 1.82) is 0 Å². The predicted octanol–water partition coefficient (Wildman–Crippen LogP) is 0.873. The number of carbonyl (C=O) groups excluding carboxylic acids is 2. The topological polar surface area (TPSA) is 62.3 Å². The van der Waals surface area contributed by atoms with Gasteiger partial charge in [0, 0.05) is 18.9 Å². The van der Waals surface area contributed by atoms with E-state index in [0.29, 0.717) is 6.54 Å².